The Morgan fingerprint density at radius 1 is 1.25 bits per heavy atom. The number of amides is 1. The third-order valence-electron chi connectivity index (χ3n) is 4.34. The average molecular weight is 323 g/mol. The Kier molecular flexibility index (Phi) is 5.16. The van der Waals surface area contributed by atoms with Gasteiger partial charge in [-0.05, 0) is 49.7 Å². The highest BCUT2D eigenvalue weighted by Crippen LogP contribution is 2.22. The zero-order valence-corrected chi connectivity index (χ0v) is 14.4. The number of rotatable bonds is 6. The second kappa shape index (κ2) is 7.49. The van der Waals surface area contributed by atoms with E-state index in [1.54, 1.807) is 0 Å². The molecule has 0 saturated heterocycles. The van der Waals surface area contributed by atoms with Crippen molar-refractivity contribution >= 4 is 11.6 Å². The van der Waals surface area contributed by atoms with Crippen molar-refractivity contribution in [2.45, 2.75) is 25.9 Å². The molecule has 1 unspecified atom stereocenters. The van der Waals surface area contributed by atoms with Crippen molar-refractivity contribution in [3.8, 4) is 0 Å². The van der Waals surface area contributed by atoms with E-state index in [0.29, 0.717) is 0 Å². The number of carbonyl (C=O) groups excluding carboxylic acids is 1. The van der Waals surface area contributed by atoms with E-state index >= 15 is 0 Å². The fraction of sp³-hybridized carbons (Fsp3) is 0.350. The second-order valence-corrected chi connectivity index (χ2v) is 6.61. The van der Waals surface area contributed by atoms with Gasteiger partial charge in [0.1, 0.15) is 0 Å². The van der Waals surface area contributed by atoms with E-state index in [1.165, 1.54) is 11.1 Å². The molecule has 1 amide bonds. The molecule has 1 atom stereocenters. The third kappa shape index (κ3) is 4.15. The van der Waals surface area contributed by atoms with Crippen LogP contribution in [0.15, 0.2) is 48.5 Å². The lowest BCUT2D eigenvalue weighted by molar-refractivity contribution is 0.0931. The van der Waals surface area contributed by atoms with Crippen LogP contribution in [-0.4, -0.2) is 37.0 Å². The smallest absolute Gasteiger partial charge is 0.251 e. The van der Waals surface area contributed by atoms with E-state index in [9.17, 15) is 4.79 Å². The Bertz CT molecular complexity index is 699. The summed E-state index contributed by atoms with van der Waals surface area (Å²) in [6, 6.07) is 16.4. The zero-order chi connectivity index (χ0) is 16.9. The standard InChI is InChI=1S/C20H25N3O/c1-15(13-23(2)14-16-6-4-3-5-7-16)22-20(24)18-8-9-19-17(12-18)10-11-21-19/h3-9,12,15,21H,10-11,13-14H2,1-2H3,(H,22,24). The van der Waals surface area contributed by atoms with Gasteiger partial charge in [-0.15, -0.1) is 0 Å². The molecule has 0 saturated carbocycles. The molecule has 4 nitrogen and oxygen atoms in total. The van der Waals surface area contributed by atoms with E-state index in [-0.39, 0.29) is 11.9 Å². The molecule has 126 valence electrons. The van der Waals surface area contributed by atoms with E-state index in [2.05, 4.69) is 46.8 Å². The normalized spacial score (nSPS) is 14.1. The van der Waals surface area contributed by atoms with Gasteiger partial charge in [0, 0.05) is 36.9 Å². The van der Waals surface area contributed by atoms with Crippen LogP contribution in [0.25, 0.3) is 0 Å². The van der Waals surface area contributed by atoms with Crippen LogP contribution < -0.4 is 10.6 Å². The SMILES string of the molecule is CC(CN(C)Cc1ccccc1)NC(=O)c1ccc2c(c1)CCN2. The number of nitrogens with one attached hydrogen (secondary N) is 2. The van der Waals surface area contributed by atoms with Gasteiger partial charge in [-0.25, -0.2) is 0 Å². The number of anilines is 1. The summed E-state index contributed by atoms with van der Waals surface area (Å²) in [5.41, 5.74) is 4.42. The minimum Gasteiger partial charge on any atom is -0.384 e. The van der Waals surface area contributed by atoms with Gasteiger partial charge < -0.3 is 15.5 Å². The molecule has 3 rings (SSSR count). The van der Waals surface area contributed by atoms with Crippen LogP contribution in [0.3, 0.4) is 0 Å². The van der Waals surface area contributed by atoms with Crippen LogP contribution in [0.1, 0.15) is 28.4 Å². The molecule has 0 spiro atoms. The van der Waals surface area contributed by atoms with Gasteiger partial charge in [0.05, 0.1) is 0 Å². The molecule has 0 aromatic heterocycles. The molecule has 1 heterocycles. The summed E-state index contributed by atoms with van der Waals surface area (Å²) < 4.78 is 0. The van der Waals surface area contributed by atoms with Crippen molar-refractivity contribution in [1.29, 1.82) is 0 Å². The lowest BCUT2D eigenvalue weighted by Gasteiger charge is -2.22. The average Bonchev–Trinajstić information content (AvgIpc) is 3.02. The van der Waals surface area contributed by atoms with E-state index in [1.807, 2.05) is 31.2 Å². The number of likely N-dealkylation sites (N-methyl/N-ethyl adjacent to an activating group) is 1. The van der Waals surface area contributed by atoms with Crippen molar-refractivity contribution in [2.24, 2.45) is 0 Å². The predicted molar refractivity (Wildman–Crippen MR) is 98.3 cm³/mol. The lowest BCUT2D eigenvalue weighted by Crippen LogP contribution is -2.40. The molecule has 0 aliphatic carbocycles. The van der Waals surface area contributed by atoms with Crippen LogP contribution in [0.5, 0.6) is 0 Å². The first kappa shape index (κ1) is 16.5. The van der Waals surface area contributed by atoms with Crippen molar-refractivity contribution in [3.05, 3.63) is 65.2 Å². The minimum absolute atomic E-state index is 0.00492. The van der Waals surface area contributed by atoms with E-state index in [0.717, 1.165) is 37.3 Å². The first-order valence-corrected chi connectivity index (χ1v) is 8.52. The maximum Gasteiger partial charge on any atom is 0.251 e. The van der Waals surface area contributed by atoms with Crippen molar-refractivity contribution < 1.29 is 4.79 Å². The lowest BCUT2D eigenvalue weighted by atomic mass is 10.1. The molecule has 0 fully saturated rings. The molecular formula is C20H25N3O. The fourth-order valence-corrected chi connectivity index (χ4v) is 3.23. The second-order valence-electron chi connectivity index (χ2n) is 6.61. The largest absolute Gasteiger partial charge is 0.384 e. The molecule has 0 bridgehead atoms. The Labute approximate surface area is 143 Å². The molecule has 1 aliphatic rings. The van der Waals surface area contributed by atoms with Crippen molar-refractivity contribution in [2.75, 3.05) is 25.5 Å². The highest BCUT2D eigenvalue weighted by atomic mass is 16.1. The van der Waals surface area contributed by atoms with E-state index in [4.69, 9.17) is 0 Å². The summed E-state index contributed by atoms with van der Waals surface area (Å²) in [5.74, 6) is 0.00492. The molecule has 2 aromatic rings. The minimum atomic E-state index is 0.00492. The van der Waals surface area contributed by atoms with Crippen molar-refractivity contribution in [1.82, 2.24) is 10.2 Å². The summed E-state index contributed by atoms with van der Waals surface area (Å²) >= 11 is 0. The molecule has 24 heavy (non-hydrogen) atoms. The Morgan fingerprint density at radius 2 is 2.04 bits per heavy atom. The van der Waals surface area contributed by atoms with Gasteiger partial charge >= 0.3 is 0 Å². The number of nitrogens with zero attached hydrogens (tertiary/aromatic N) is 1. The van der Waals surface area contributed by atoms with Gasteiger partial charge in [-0.1, -0.05) is 30.3 Å². The fourth-order valence-electron chi connectivity index (χ4n) is 3.23. The first-order chi connectivity index (χ1) is 11.6. The Balaban J connectivity index is 1.52. The molecule has 2 aromatic carbocycles. The summed E-state index contributed by atoms with van der Waals surface area (Å²) in [4.78, 5) is 14.7. The van der Waals surface area contributed by atoms with Crippen molar-refractivity contribution in [3.63, 3.8) is 0 Å². The summed E-state index contributed by atoms with van der Waals surface area (Å²) in [6.45, 7) is 4.70. The zero-order valence-electron chi connectivity index (χ0n) is 14.4. The monoisotopic (exact) mass is 323 g/mol. The van der Waals surface area contributed by atoms with Gasteiger partial charge in [-0.2, -0.15) is 0 Å². The number of hydrogen-bond acceptors (Lipinski definition) is 3. The molecule has 4 heteroatoms. The van der Waals surface area contributed by atoms with Crippen LogP contribution in [0.2, 0.25) is 0 Å². The molecule has 0 radical (unpaired) electrons. The van der Waals surface area contributed by atoms with Gasteiger partial charge in [0.15, 0.2) is 0 Å². The molecule has 2 N–H and O–H groups in total. The summed E-state index contributed by atoms with van der Waals surface area (Å²) in [5, 5.41) is 6.42. The van der Waals surface area contributed by atoms with Gasteiger partial charge in [-0.3, -0.25) is 4.79 Å². The topological polar surface area (TPSA) is 44.4 Å². The van der Waals surface area contributed by atoms with Gasteiger partial charge in [0.25, 0.3) is 5.91 Å². The predicted octanol–water partition coefficient (Wildman–Crippen LogP) is 2.90. The highest BCUT2D eigenvalue weighted by Gasteiger charge is 2.15. The van der Waals surface area contributed by atoms with Crippen LogP contribution in [-0.2, 0) is 13.0 Å². The number of hydrogen-bond donors (Lipinski definition) is 2. The Morgan fingerprint density at radius 3 is 2.83 bits per heavy atom. The molecular weight excluding hydrogens is 298 g/mol. The maximum atomic E-state index is 12.4. The van der Waals surface area contributed by atoms with E-state index < -0.39 is 0 Å². The first-order valence-electron chi connectivity index (χ1n) is 8.52. The summed E-state index contributed by atoms with van der Waals surface area (Å²) in [7, 11) is 2.08. The number of benzene rings is 2. The quantitative estimate of drug-likeness (QED) is 0.859. The summed E-state index contributed by atoms with van der Waals surface area (Å²) in [6.07, 6.45) is 0.992. The van der Waals surface area contributed by atoms with Crippen LogP contribution in [0, 0.1) is 0 Å². The van der Waals surface area contributed by atoms with Crippen LogP contribution in [0.4, 0.5) is 5.69 Å². The third-order valence-corrected chi connectivity index (χ3v) is 4.34. The maximum absolute atomic E-state index is 12.4. The Hall–Kier alpha value is -2.33. The number of fused-ring (bicyclic) bond motifs is 1. The highest BCUT2D eigenvalue weighted by molar-refractivity contribution is 5.95. The number of carbonyl (C=O) groups is 1. The van der Waals surface area contributed by atoms with Crippen LogP contribution >= 0.6 is 0 Å². The van der Waals surface area contributed by atoms with Gasteiger partial charge in [0.2, 0.25) is 0 Å². The molecule has 1 aliphatic heterocycles.